The van der Waals surface area contributed by atoms with E-state index in [2.05, 4.69) is 0 Å². The van der Waals surface area contributed by atoms with Gasteiger partial charge in [-0.25, -0.2) is 0 Å². The van der Waals surface area contributed by atoms with Gasteiger partial charge in [0.05, 0.1) is 0 Å². The third-order valence-corrected chi connectivity index (χ3v) is 3.68. The highest BCUT2D eigenvalue weighted by Crippen LogP contribution is 2.28. The monoisotopic (exact) mass is 276 g/mol. The van der Waals surface area contributed by atoms with Gasteiger partial charge in [0.2, 0.25) is 0 Å². The Hall–Kier alpha value is -1.81. The van der Waals surface area contributed by atoms with Crippen LogP contribution >= 0.6 is 11.8 Å². The summed E-state index contributed by atoms with van der Waals surface area (Å²) < 4.78 is 0. The zero-order valence-corrected chi connectivity index (χ0v) is 11.4. The van der Waals surface area contributed by atoms with Crippen LogP contribution in [-0.2, 0) is 12.8 Å². The number of rotatable bonds is 4. The number of hydrogen-bond donors (Lipinski definition) is 3. The second-order valence-corrected chi connectivity index (χ2v) is 5.21. The van der Waals surface area contributed by atoms with Crippen molar-refractivity contribution in [2.24, 2.45) is 0 Å². The molecule has 0 radical (unpaired) electrons. The topological polar surface area (TPSA) is 60.7 Å². The smallest absolute Gasteiger partial charge is 0.129 e. The van der Waals surface area contributed by atoms with E-state index in [1.54, 1.807) is 18.2 Å². The Kier molecular flexibility index (Phi) is 4.22. The quantitative estimate of drug-likeness (QED) is 0.750. The minimum Gasteiger partial charge on any atom is -0.508 e. The summed E-state index contributed by atoms with van der Waals surface area (Å²) in [5.41, 5.74) is 2.00. The molecule has 0 bridgehead atoms. The molecule has 0 saturated heterocycles. The van der Waals surface area contributed by atoms with Crippen molar-refractivity contribution in [3.63, 3.8) is 0 Å². The molecule has 0 saturated carbocycles. The molecule has 0 atom stereocenters. The summed E-state index contributed by atoms with van der Waals surface area (Å²) in [6.07, 6.45) is 3.43. The molecule has 0 aliphatic heterocycles. The van der Waals surface area contributed by atoms with Gasteiger partial charge in [-0.15, -0.1) is 11.8 Å². The minimum absolute atomic E-state index is 0.0745. The SMILES string of the molecule is CSc1cc(CCc2cc(O)cc(O)c2)ccc1O. The van der Waals surface area contributed by atoms with Gasteiger partial charge in [-0.1, -0.05) is 6.07 Å². The Morgan fingerprint density at radius 1 is 0.842 bits per heavy atom. The molecule has 3 N–H and O–H groups in total. The van der Waals surface area contributed by atoms with Gasteiger partial charge in [0, 0.05) is 11.0 Å². The summed E-state index contributed by atoms with van der Waals surface area (Å²) in [6, 6.07) is 10.2. The summed E-state index contributed by atoms with van der Waals surface area (Å²) in [6.45, 7) is 0. The van der Waals surface area contributed by atoms with Gasteiger partial charge < -0.3 is 15.3 Å². The van der Waals surface area contributed by atoms with Crippen LogP contribution in [0.1, 0.15) is 11.1 Å². The van der Waals surface area contributed by atoms with Crippen LogP contribution < -0.4 is 0 Å². The van der Waals surface area contributed by atoms with Crippen molar-refractivity contribution >= 4 is 11.8 Å². The van der Waals surface area contributed by atoms with Gasteiger partial charge in [-0.3, -0.25) is 0 Å². The third-order valence-electron chi connectivity index (χ3n) is 2.91. The molecule has 3 nitrogen and oxygen atoms in total. The van der Waals surface area contributed by atoms with E-state index in [0.29, 0.717) is 5.75 Å². The van der Waals surface area contributed by atoms with Crippen molar-refractivity contribution in [1.29, 1.82) is 0 Å². The molecule has 0 fully saturated rings. The third kappa shape index (κ3) is 3.58. The fourth-order valence-electron chi connectivity index (χ4n) is 1.97. The zero-order valence-electron chi connectivity index (χ0n) is 10.6. The first kappa shape index (κ1) is 13.6. The lowest BCUT2D eigenvalue weighted by molar-refractivity contribution is 0.449. The van der Waals surface area contributed by atoms with Crippen molar-refractivity contribution in [2.45, 2.75) is 17.7 Å². The lowest BCUT2D eigenvalue weighted by atomic mass is 10.0. The number of phenols is 3. The molecule has 0 aromatic heterocycles. The van der Waals surface area contributed by atoms with Crippen molar-refractivity contribution < 1.29 is 15.3 Å². The summed E-state index contributed by atoms with van der Waals surface area (Å²) in [5, 5.41) is 28.4. The van der Waals surface area contributed by atoms with Crippen molar-refractivity contribution in [1.82, 2.24) is 0 Å². The molecule has 100 valence electrons. The molecule has 19 heavy (non-hydrogen) atoms. The van der Waals surface area contributed by atoms with Crippen LogP contribution in [0.15, 0.2) is 41.3 Å². The molecule has 0 amide bonds. The van der Waals surface area contributed by atoms with Crippen molar-refractivity contribution in [2.75, 3.05) is 6.26 Å². The highest BCUT2D eigenvalue weighted by atomic mass is 32.2. The van der Waals surface area contributed by atoms with E-state index in [-0.39, 0.29) is 11.5 Å². The van der Waals surface area contributed by atoms with E-state index < -0.39 is 0 Å². The summed E-state index contributed by atoms with van der Waals surface area (Å²) in [7, 11) is 0. The average Bonchev–Trinajstić information content (AvgIpc) is 2.36. The maximum absolute atomic E-state index is 9.61. The second-order valence-electron chi connectivity index (χ2n) is 4.36. The molecular weight excluding hydrogens is 260 g/mol. The number of thioether (sulfide) groups is 1. The van der Waals surface area contributed by atoms with E-state index in [1.807, 2.05) is 18.4 Å². The summed E-state index contributed by atoms with van der Waals surface area (Å²) in [4.78, 5) is 0.858. The van der Waals surface area contributed by atoms with Crippen LogP contribution in [0.4, 0.5) is 0 Å². The van der Waals surface area contributed by atoms with E-state index in [9.17, 15) is 15.3 Å². The molecular formula is C15H16O3S. The number of benzene rings is 2. The van der Waals surface area contributed by atoms with Gasteiger partial charge >= 0.3 is 0 Å². The number of aromatic hydroxyl groups is 3. The van der Waals surface area contributed by atoms with E-state index in [1.165, 1.54) is 17.8 Å². The van der Waals surface area contributed by atoms with Gasteiger partial charge in [-0.2, -0.15) is 0 Å². The van der Waals surface area contributed by atoms with E-state index in [0.717, 1.165) is 28.9 Å². The van der Waals surface area contributed by atoms with Crippen LogP contribution in [0, 0.1) is 0 Å². The maximum Gasteiger partial charge on any atom is 0.129 e. The standard InChI is InChI=1S/C15H16O3S/c1-19-15-8-10(4-5-14(15)18)2-3-11-6-12(16)9-13(17)7-11/h4-9,16-18H,2-3H2,1H3. The summed E-state index contributed by atoms with van der Waals surface area (Å²) in [5.74, 6) is 0.447. The highest BCUT2D eigenvalue weighted by molar-refractivity contribution is 7.98. The second kappa shape index (κ2) is 5.89. The Labute approximate surface area is 116 Å². The molecule has 0 aliphatic carbocycles. The predicted octanol–water partition coefficient (Wildman–Crippen LogP) is 3.31. The van der Waals surface area contributed by atoms with Gasteiger partial charge in [0.25, 0.3) is 0 Å². The van der Waals surface area contributed by atoms with Crippen molar-refractivity contribution in [3.05, 3.63) is 47.5 Å². The highest BCUT2D eigenvalue weighted by Gasteiger charge is 2.04. The Morgan fingerprint density at radius 2 is 1.47 bits per heavy atom. The molecule has 4 heteroatoms. The van der Waals surface area contributed by atoms with Crippen molar-refractivity contribution in [3.8, 4) is 17.2 Å². The fourth-order valence-corrected chi connectivity index (χ4v) is 2.51. The molecule has 0 aliphatic rings. The number of hydrogen-bond acceptors (Lipinski definition) is 4. The van der Waals surface area contributed by atoms with Gasteiger partial charge in [0.15, 0.2) is 0 Å². The average molecular weight is 276 g/mol. The van der Waals surface area contributed by atoms with Crippen LogP contribution in [0.25, 0.3) is 0 Å². The molecule has 0 unspecified atom stereocenters. The zero-order chi connectivity index (χ0) is 13.8. The molecule has 0 heterocycles. The van der Waals surface area contributed by atoms with Crippen LogP contribution in [0.3, 0.4) is 0 Å². The number of phenolic OH excluding ortho intramolecular Hbond substituents is 3. The number of aryl methyl sites for hydroxylation is 2. The fraction of sp³-hybridized carbons (Fsp3) is 0.200. The lowest BCUT2D eigenvalue weighted by Crippen LogP contribution is -1.92. The van der Waals surface area contributed by atoms with Crippen LogP contribution in [-0.4, -0.2) is 21.6 Å². The van der Waals surface area contributed by atoms with Crippen LogP contribution in [0.2, 0.25) is 0 Å². The van der Waals surface area contributed by atoms with Crippen LogP contribution in [0.5, 0.6) is 17.2 Å². The maximum atomic E-state index is 9.61. The first-order chi connectivity index (χ1) is 9.08. The molecule has 2 aromatic carbocycles. The Bertz CT molecular complexity index is 561. The van der Waals surface area contributed by atoms with E-state index in [4.69, 9.17) is 0 Å². The first-order valence-electron chi connectivity index (χ1n) is 5.96. The van der Waals surface area contributed by atoms with Gasteiger partial charge in [-0.05, 0) is 54.5 Å². The first-order valence-corrected chi connectivity index (χ1v) is 7.19. The predicted molar refractivity (Wildman–Crippen MR) is 77.1 cm³/mol. The normalized spacial score (nSPS) is 10.6. The lowest BCUT2D eigenvalue weighted by Gasteiger charge is -2.07. The molecule has 2 aromatic rings. The largest absolute Gasteiger partial charge is 0.508 e. The Morgan fingerprint density at radius 3 is 2.11 bits per heavy atom. The molecule has 0 spiro atoms. The van der Waals surface area contributed by atoms with E-state index >= 15 is 0 Å². The Balaban J connectivity index is 2.10. The molecule has 2 rings (SSSR count). The summed E-state index contributed by atoms with van der Waals surface area (Å²) >= 11 is 1.51. The minimum atomic E-state index is 0.0745. The van der Waals surface area contributed by atoms with Gasteiger partial charge in [0.1, 0.15) is 17.2 Å².